The van der Waals surface area contributed by atoms with Gasteiger partial charge in [-0.15, -0.1) is 0 Å². The van der Waals surface area contributed by atoms with Crippen molar-refractivity contribution in [2.45, 2.75) is 173 Å². The van der Waals surface area contributed by atoms with Crippen molar-refractivity contribution < 1.29 is 71.5 Å². The number of aliphatic hydroxyl groups is 2. The quantitative estimate of drug-likeness (QED) is 0.0168. The number of esters is 2. The lowest BCUT2D eigenvalue weighted by Gasteiger charge is -2.20. The van der Waals surface area contributed by atoms with Crippen molar-refractivity contribution in [3.63, 3.8) is 0 Å². The Morgan fingerprint density at radius 2 is 1.25 bits per heavy atom. The number of phosphoric ester groups is 2. The summed E-state index contributed by atoms with van der Waals surface area (Å²) in [6.07, 6.45) is 31.6. The Labute approximate surface area is 364 Å². The van der Waals surface area contributed by atoms with Crippen LogP contribution in [0.2, 0.25) is 0 Å². The highest BCUT2D eigenvalue weighted by Crippen LogP contribution is 2.44. The molecule has 0 saturated heterocycles. The van der Waals surface area contributed by atoms with Crippen LogP contribution in [0.15, 0.2) is 48.6 Å². The van der Waals surface area contributed by atoms with Crippen LogP contribution in [0.5, 0.6) is 0 Å². The number of carbonyl (C=O) groups excluding carboxylic acids is 3. The maximum absolute atomic E-state index is 12.7. The van der Waals surface area contributed by atoms with Gasteiger partial charge in [0.1, 0.15) is 12.7 Å². The van der Waals surface area contributed by atoms with Gasteiger partial charge in [0, 0.05) is 18.8 Å². The topological polar surface area (TPSA) is 233 Å². The van der Waals surface area contributed by atoms with Crippen molar-refractivity contribution in [1.82, 2.24) is 0 Å². The number of carbonyl (C=O) groups is 3. The number of unbranched alkanes of at least 4 members (excludes halogenated alkanes) is 14. The Morgan fingerprint density at radius 3 is 1.92 bits per heavy atom. The molecule has 6 atom stereocenters. The van der Waals surface area contributed by atoms with Crippen LogP contribution in [0.25, 0.3) is 0 Å². The Morgan fingerprint density at radius 1 is 0.689 bits per heavy atom. The number of rotatable bonds is 39. The summed E-state index contributed by atoms with van der Waals surface area (Å²) in [5, 5.41) is 20.0. The average molecular weight is 907 g/mol. The maximum atomic E-state index is 12.7. The lowest BCUT2D eigenvalue weighted by atomic mass is 9.90. The number of ether oxygens (including phenoxy) is 2. The van der Waals surface area contributed by atoms with Crippen LogP contribution in [0.3, 0.4) is 0 Å². The molecule has 0 aromatic heterocycles. The molecule has 0 aliphatic heterocycles. The van der Waals surface area contributed by atoms with E-state index < -0.39 is 72.3 Å². The smallest absolute Gasteiger partial charge is 0.462 e. The lowest BCUT2D eigenvalue weighted by Crippen LogP contribution is -2.30. The molecule has 1 rings (SSSR count). The van der Waals surface area contributed by atoms with Gasteiger partial charge in [-0.05, 0) is 69.8 Å². The second kappa shape index (κ2) is 35.1. The van der Waals surface area contributed by atoms with E-state index in [1.54, 1.807) is 18.2 Å². The van der Waals surface area contributed by atoms with Crippen LogP contribution in [-0.4, -0.2) is 87.4 Å². The van der Waals surface area contributed by atoms with Gasteiger partial charge in [0.05, 0.1) is 25.9 Å². The summed E-state index contributed by atoms with van der Waals surface area (Å²) in [4.78, 5) is 65.3. The molecular weight excluding hydrogens is 830 g/mol. The molecule has 0 bridgehead atoms. The Kier molecular flexibility index (Phi) is 32.6. The average Bonchev–Trinajstić information content (AvgIpc) is 3.57. The Hall–Kier alpha value is -2.29. The predicted molar refractivity (Wildman–Crippen MR) is 234 cm³/mol. The molecule has 17 heteroatoms. The van der Waals surface area contributed by atoms with Crippen molar-refractivity contribution in [2.75, 3.05) is 26.4 Å². The van der Waals surface area contributed by atoms with Crippen molar-refractivity contribution in [1.29, 1.82) is 0 Å². The molecule has 0 radical (unpaired) electrons. The first-order chi connectivity index (χ1) is 29.2. The predicted octanol–water partition coefficient (Wildman–Crippen LogP) is 9.07. The van der Waals surface area contributed by atoms with Gasteiger partial charge in [0.15, 0.2) is 11.9 Å². The van der Waals surface area contributed by atoms with E-state index in [0.29, 0.717) is 32.1 Å². The second-order valence-electron chi connectivity index (χ2n) is 15.6. The summed E-state index contributed by atoms with van der Waals surface area (Å²) in [5.41, 5.74) is 0. The van der Waals surface area contributed by atoms with Crippen LogP contribution in [0.1, 0.15) is 155 Å². The van der Waals surface area contributed by atoms with Crippen LogP contribution < -0.4 is 0 Å². The zero-order chi connectivity index (χ0) is 45.2. The van der Waals surface area contributed by atoms with Crippen molar-refractivity contribution in [3.8, 4) is 0 Å². The van der Waals surface area contributed by atoms with E-state index in [9.17, 15) is 38.6 Å². The van der Waals surface area contributed by atoms with E-state index in [0.717, 1.165) is 57.8 Å². The molecule has 0 aromatic carbocycles. The minimum absolute atomic E-state index is 0.00916. The molecule has 61 heavy (non-hydrogen) atoms. The molecule has 1 aliphatic carbocycles. The van der Waals surface area contributed by atoms with Crippen molar-refractivity contribution >= 4 is 33.4 Å². The first-order valence-corrected chi connectivity index (χ1v) is 25.4. The van der Waals surface area contributed by atoms with E-state index in [-0.39, 0.29) is 30.5 Å². The van der Waals surface area contributed by atoms with E-state index >= 15 is 0 Å². The monoisotopic (exact) mass is 906 g/mol. The minimum atomic E-state index is -4.89. The fraction of sp³-hybridized carbons (Fsp3) is 0.750. The number of allylic oxidation sites excluding steroid dienone is 7. The largest absolute Gasteiger partial charge is 0.472 e. The van der Waals surface area contributed by atoms with Crippen LogP contribution in [0.4, 0.5) is 0 Å². The van der Waals surface area contributed by atoms with Crippen molar-refractivity contribution in [2.24, 2.45) is 11.8 Å². The molecule has 0 saturated carbocycles. The van der Waals surface area contributed by atoms with Crippen LogP contribution in [-0.2, 0) is 46.6 Å². The molecule has 15 nitrogen and oxygen atoms in total. The molecular formula is C44H76O15P2. The summed E-state index contributed by atoms with van der Waals surface area (Å²) >= 11 is 0. The zero-order valence-corrected chi connectivity index (χ0v) is 38.4. The van der Waals surface area contributed by atoms with Gasteiger partial charge >= 0.3 is 27.6 Å². The number of hydrogen-bond donors (Lipinski definition) is 5. The molecule has 0 aromatic rings. The number of aliphatic hydroxyl groups excluding tert-OH is 2. The van der Waals surface area contributed by atoms with Gasteiger partial charge in [0.25, 0.3) is 0 Å². The summed E-state index contributed by atoms with van der Waals surface area (Å²) in [6.45, 7) is 1.42. The molecule has 5 N–H and O–H groups in total. The zero-order valence-electron chi connectivity index (χ0n) is 36.6. The van der Waals surface area contributed by atoms with Gasteiger partial charge in [0.2, 0.25) is 0 Å². The fourth-order valence-corrected chi connectivity index (χ4v) is 7.55. The molecule has 0 heterocycles. The molecule has 1 unspecified atom stereocenters. The maximum Gasteiger partial charge on any atom is 0.472 e. The standard InChI is InChI=1S/C44H76O15P2/c1-3-5-7-8-9-10-11-12-13-14-15-16-17-18-24-28-44(49)59-40(36-58-61(53,54)57-34-39(46)33-56-60(50,51)52)35-55-43(48)27-23-20-19-22-25-37-29-32-42(47)41(37)31-30-38(45)26-21-6-4-2/h12-13,19,22,29-32,37-41,45-46H,3-11,14-18,20-21,23-28,33-36H2,1-2H3,(H,53,54)(H2,50,51,52)/b13-12-,22-19-,31-30+/t37-,38-,39-,40+,41+/m0/s1. The minimum Gasteiger partial charge on any atom is -0.462 e. The van der Waals surface area contributed by atoms with Crippen LogP contribution in [0, 0.1) is 11.8 Å². The fourth-order valence-electron chi connectivity index (χ4n) is 6.39. The van der Waals surface area contributed by atoms with E-state index in [1.807, 2.05) is 18.2 Å². The van der Waals surface area contributed by atoms with E-state index in [1.165, 1.54) is 38.5 Å². The third kappa shape index (κ3) is 33.0. The summed E-state index contributed by atoms with van der Waals surface area (Å²) in [5.74, 6) is -1.52. The number of phosphoric acid groups is 2. The van der Waals surface area contributed by atoms with Crippen LogP contribution >= 0.6 is 15.6 Å². The lowest BCUT2D eigenvalue weighted by molar-refractivity contribution is -0.161. The molecule has 0 amide bonds. The third-order valence-corrected chi connectivity index (χ3v) is 11.4. The molecule has 0 spiro atoms. The number of ketones is 1. The molecule has 0 fully saturated rings. The summed E-state index contributed by atoms with van der Waals surface area (Å²) in [7, 11) is -9.75. The number of hydrogen-bond acceptors (Lipinski definition) is 12. The van der Waals surface area contributed by atoms with E-state index in [4.69, 9.17) is 23.8 Å². The molecule has 352 valence electrons. The third-order valence-electron chi connectivity index (χ3n) is 9.93. The van der Waals surface area contributed by atoms with Gasteiger partial charge in [-0.25, -0.2) is 9.13 Å². The van der Waals surface area contributed by atoms with Gasteiger partial charge in [-0.1, -0.05) is 127 Å². The van der Waals surface area contributed by atoms with E-state index in [2.05, 4.69) is 35.0 Å². The van der Waals surface area contributed by atoms with Gasteiger partial charge < -0.3 is 34.4 Å². The SMILES string of the molecule is CCCCCCCC/C=C\CCCCCCCC(=O)O[C@H](COC(=O)CCC/C=C\C[C@H]1C=CC(=O)[C@@H]1/C=C/[C@@H](O)CCCCC)COP(=O)(O)OC[C@@H](O)COP(=O)(O)O. The normalized spacial score (nSPS) is 18.3. The van der Waals surface area contributed by atoms with Gasteiger partial charge in [-0.3, -0.25) is 28.0 Å². The second-order valence-corrected chi connectivity index (χ2v) is 18.3. The summed E-state index contributed by atoms with van der Waals surface area (Å²) in [6, 6.07) is 0. The molecule has 1 aliphatic rings. The Bertz CT molecular complexity index is 1410. The first-order valence-electron chi connectivity index (χ1n) is 22.4. The highest BCUT2D eigenvalue weighted by atomic mass is 31.2. The highest BCUT2D eigenvalue weighted by molar-refractivity contribution is 7.47. The Balaban J connectivity index is 2.53. The van der Waals surface area contributed by atoms with Crippen molar-refractivity contribution in [3.05, 3.63) is 48.6 Å². The summed E-state index contributed by atoms with van der Waals surface area (Å²) < 4.78 is 47.8. The first kappa shape index (κ1) is 56.7. The highest BCUT2D eigenvalue weighted by Gasteiger charge is 2.29. The van der Waals surface area contributed by atoms with Gasteiger partial charge in [-0.2, -0.15) is 0 Å².